The number of aliphatic carboxylic acids is 1. The second kappa shape index (κ2) is 7.07. The van der Waals surface area contributed by atoms with Crippen LogP contribution in [0.25, 0.3) is 11.6 Å². The van der Waals surface area contributed by atoms with Gasteiger partial charge in [0.1, 0.15) is 17.8 Å². The number of unbranched alkanes of at least 4 members (excludes halogenated alkanes) is 2. The van der Waals surface area contributed by atoms with E-state index in [0.717, 1.165) is 19.3 Å². The van der Waals surface area contributed by atoms with Crippen LogP contribution in [-0.4, -0.2) is 34.8 Å². The van der Waals surface area contributed by atoms with Gasteiger partial charge in [0.2, 0.25) is 0 Å². The number of carboxylic acids is 1. The van der Waals surface area contributed by atoms with E-state index < -0.39 is 12.1 Å². The van der Waals surface area contributed by atoms with Crippen molar-refractivity contribution in [2.75, 3.05) is 6.61 Å². The third-order valence-electron chi connectivity index (χ3n) is 3.57. The Morgan fingerprint density at radius 2 is 2.14 bits per heavy atom. The van der Waals surface area contributed by atoms with Crippen molar-refractivity contribution in [2.45, 2.75) is 32.3 Å². The highest BCUT2D eigenvalue weighted by Crippen LogP contribution is 2.34. The van der Waals surface area contributed by atoms with Gasteiger partial charge in [0.15, 0.2) is 0 Å². The molecule has 0 radical (unpaired) electrons. The largest absolute Gasteiger partial charge is 0.494 e. The van der Waals surface area contributed by atoms with E-state index in [2.05, 4.69) is 6.92 Å². The highest BCUT2D eigenvalue weighted by atomic mass is 16.5. The standard InChI is InChI=1S/C17H18O5/c1-2-3-4-7-22-12-5-6-13-11(8-12)9-14(17(20)21)16(19)15(13)10-18/h5-6,8-9,16,19H,2-4,7H2,1H3,(H,20,21). The summed E-state index contributed by atoms with van der Waals surface area (Å²) in [6, 6.07) is 5.02. The first kappa shape index (κ1) is 16.0. The summed E-state index contributed by atoms with van der Waals surface area (Å²) >= 11 is 0. The molecular weight excluding hydrogens is 284 g/mol. The summed E-state index contributed by atoms with van der Waals surface area (Å²) in [5.41, 5.74) is 0.712. The molecule has 1 aliphatic rings. The second-order valence-corrected chi connectivity index (χ2v) is 5.13. The molecule has 0 amide bonds. The Morgan fingerprint density at radius 3 is 2.77 bits per heavy atom. The molecule has 0 aliphatic heterocycles. The minimum absolute atomic E-state index is 0.0626. The monoisotopic (exact) mass is 302 g/mol. The summed E-state index contributed by atoms with van der Waals surface area (Å²) in [5.74, 6) is 0.991. The van der Waals surface area contributed by atoms with Crippen molar-refractivity contribution in [2.24, 2.45) is 0 Å². The lowest BCUT2D eigenvalue weighted by Gasteiger charge is -2.21. The third-order valence-corrected chi connectivity index (χ3v) is 3.57. The molecule has 1 aromatic carbocycles. The summed E-state index contributed by atoms with van der Waals surface area (Å²) in [4.78, 5) is 22.2. The van der Waals surface area contributed by atoms with Crippen LogP contribution in [0.3, 0.4) is 0 Å². The molecule has 116 valence electrons. The Hall–Kier alpha value is -2.36. The van der Waals surface area contributed by atoms with Crippen LogP contribution < -0.4 is 4.74 Å². The van der Waals surface area contributed by atoms with E-state index in [1.54, 1.807) is 24.1 Å². The average molecular weight is 302 g/mol. The van der Waals surface area contributed by atoms with Crippen LogP contribution >= 0.6 is 0 Å². The zero-order valence-corrected chi connectivity index (χ0v) is 12.3. The normalized spacial score (nSPS) is 16.5. The smallest absolute Gasteiger partial charge is 0.334 e. The van der Waals surface area contributed by atoms with Gasteiger partial charge in [-0.3, -0.25) is 0 Å². The lowest BCUT2D eigenvalue weighted by Crippen LogP contribution is -2.23. The van der Waals surface area contributed by atoms with E-state index in [1.165, 1.54) is 6.08 Å². The Balaban J connectivity index is 2.31. The highest BCUT2D eigenvalue weighted by molar-refractivity contribution is 6.06. The van der Waals surface area contributed by atoms with Crippen molar-refractivity contribution in [1.82, 2.24) is 0 Å². The zero-order valence-electron chi connectivity index (χ0n) is 12.3. The first-order valence-corrected chi connectivity index (χ1v) is 7.23. The lowest BCUT2D eigenvalue weighted by molar-refractivity contribution is -0.133. The summed E-state index contributed by atoms with van der Waals surface area (Å²) in [6.07, 6.45) is 3.03. The minimum Gasteiger partial charge on any atom is -0.494 e. The molecule has 0 aromatic heterocycles. The molecule has 1 atom stereocenters. The molecule has 0 heterocycles. The highest BCUT2D eigenvalue weighted by Gasteiger charge is 2.29. The first-order valence-electron chi connectivity index (χ1n) is 7.23. The predicted octanol–water partition coefficient (Wildman–Crippen LogP) is 2.31. The number of hydrogen-bond donors (Lipinski definition) is 2. The van der Waals surface area contributed by atoms with Crippen molar-refractivity contribution in [1.29, 1.82) is 0 Å². The van der Waals surface area contributed by atoms with Gasteiger partial charge < -0.3 is 14.9 Å². The van der Waals surface area contributed by atoms with E-state index in [1.807, 2.05) is 0 Å². The van der Waals surface area contributed by atoms with Crippen LogP contribution in [0.15, 0.2) is 23.8 Å². The molecule has 5 heteroatoms. The van der Waals surface area contributed by atoms with Crippen molar-refractivity contribution in [3.05, 3.63) is 34.9 Å². The van der Waals surface area contributed by atoms with Gasteiger partial charge >= 0.3 is 5.97 Å². The van der Waals surface area contributed by atoms with Gasteiger partial charge in [-0.15, -0.1) is 0 Å². The molecule has 0 fully saturated rings. The number of hydrogen-bond acceptors (Lipinski definition) is 4. The molecule has 1 aromatic rings. The zero-order chi connectivity index (χ0) is 16.1. The average Bonchev–Trinajstić information content (AvgIpc) is 2.51. The number of fused-ring (bicyclic) bond motifs is 1. The van der Waals surface area contributed by atoms with Gasteiger partial charge in [-0.2, -0.15) is 0 Å². The minimum atomic E-state index is -1.46. The molecule has 0 spiro atoms. The Bertz CT molecular complexity index is 653. The van der Waals surface area contributed by atoms with Gasteiger partial charge in [0.25, 0.3) is 0 Å². The number of carbonyl (C=O) groups excluding carboxylic acids is 1. The number of carbonyl (C=O) groups is 1. The molecule has 1 aliphatic carbocycles. The second-order valence-electron chi connectivity index (χ2n) is 5.13. The van der Waals surface area contributed by atoms with Gasteiger partial charge in [-0.1, -0.05) is 19.8 Å². The molecular formula is C17H18O5. The van der Waals surface area contributed by atoms with Gasteiger partial charge in [-0.05, 0) is 41.8 Å². The Morgan fingerprint density at radius 1 is 1.36 bits per heavy atom. The van der Waals surface area contributed by atoms with Crippen LogP contribution in [0.4, 0.5) is 0 Å². The maximum Gasteiger partial charge on any atom is 0.334 e. The fourth-order valence-corrected chi connectivity index (χ4v) is 2.38. The summed E-state index contributed by atoms with van der Waals surface area (Å²) < 4.78 is 5.62. The topological polar surface area (TPSA) is 83.8 Å². The van der Waals surface area contributed by atoms with Crippen molar-refractivity contribution >= 4 is 23.6 Å². The summed E-state index contributed by atoms with van der Waals surface area (Å²) in [7, 11) is 0. The maximum absolute atomic E-state index is 11.2. The number of benzene rings is 1. The van der Waals surface area contributed by atoms with Crippen LogP contribution in [0, 0.1) is 0 Å². The van der Waals surface area contributed by atoms with Gasteiger partial charge in [0.05, 0.1) is 17.8 Å². The third kappa shape index (κ3) is 3.27. The number of ether oxygens (including phenoxy) is 1. The fourth-order valence-electron chi connectivity index (χ4n) is 2.38. The molecule has 5 nitrogen and oxygen atoms in total. The molecule has 1 unspecified atom stereocenters. The van der Waals surface area contributed by atoms with E-state index in [-0.39, 0.29) is 11.1 Å². The first-order chi connectivity index (χ1) is 10.6. The Labute approximate surface area is 128 Å². The van der Waals surface area contributed by atoms with E-state index in [9.17, 15) is 14.7 Å². The van der Waals surface area contributed by atoms with Crippen LogP contribution in [0.1, 0.15) is 37.3 Å². The number of rotatable bonds is 6. The number of aliphatic hydroxyl groups is 1. The van der Waals surface area contributed by atoms with Gasteiger partial charge in [-0.25, -0.2) is 9.59 Å². The predicted molar refractivity (Wildman–Crippen MR) is 82.2 cm³/mol. The fraction of sp³-hybridized carbons (Fsp3) is 0.353. The molecule has 22 heavy (non-hydrogen) atoms. The van der Waals surface area contributed by atoms with Crippen LogP contribution in [0.5, 0.6) is 5.75 Å². The van der Waals surface area contributed by atoms with Crippen LogP contribution in [0.2, 0.25) is 0 Å². The van der Waals surface area contributed by atoms with Gasteiger partial charge in [0, 0.05) is 0 Å². The molecule has 0 saturated carbocycles. The lowest BCUT2D eigenvalue weighted by atomic mass is 9.86. The molecule has 0 bridgehead atoms. The quantitative estimate of drug-likeness (QED) is 0.622. The summed E-state index contributed by atoms with van der Waals surface area (Å²) in [6.45, 7) is 2.69. The van der Waals surface area contributed by atoms with Crippen molar-refractivity contribution in [3.63, 3.8) is 0 Å². The molecule has 2 N–H and O–H groups in total. The Kier molecular flexibility index (Phi) is 5.15. The maximum atomic E-state index is 11.2. The number of carboxylic acid groups (broad SMARTS) is 1. The summed E-state index contributed by atoms with van der Waals surface area (Å²) in [5, 5.41) is 19.1. The molecule has 2 rings (SSSR count). The van der Waals surface area contributed by atoms with E-state index >= 15 is 0 Å². The van der Waals surface area contributed by atoms with Crippen molar-refractivity contribution in [3.8, 4) is 5.75 Å². The van der Waals surface area contributed by atoms with Crippen molar-refractivity contribution < 1.29 is 24.5 Å². The van der Waals surface area contributed by atoms with E-state index in [0.29, 0.717) is 23.5 Å². The molecule has 0 saturated heterocycles. The van der Waals surface area contributed by atoms with E-state index in [4.69, 9.17) is 9.84 Å². The number of aliphatic hydroxyl groups excluding tert-OH is 1. The SMILES string of the molecule is CCCCCOc1ccc2c(c1)C=C(C(=O)O)C(O)C2=C=O. The van der Waals surface area contributed by atoms with Crippen LogP contribution in [-0.2, 0) is 9.59 Å².